The third-order valence-corrected chi connectivity index (χ3v) is 5.38. The van der Waals surface area contributed by atoms with Crippen LogP contribution in [0.2, 0.25) is 5.02 Å². The summed E-state index contributed by atoms with van der Waals surface area (Å²) in [5, 5.41) is 17.6. The van der Waals surface area contributed by atoms with Crippen LogP contribution >= 0.6 is 35.6 Å². The molecule has 1 aromatic carbocycles. The number of aliphatic hydroxyl groups is 1. The molecule has 3 atom stereocenters. The number of hydrogen-bond donors (Lipinski definition) is 3. The van der Waals surface area contributed by atoms with Crippen molar-refractivity contribution in [3.8, 4) is 0 Å². The lowest BCUT2D eigenvalue weighted by molar-refractivity contribution is 0.136. The van der Waals surface area contributed by atoms with Crippen LogP contribution in [0.1, 0.15) is 32.6 Å². The van der Waals surface area contributed by atoms with E-state index in [0.29, 0.717) is 18.5 Å². The zero-order valence-electron chi connectivity index (χ0n) is 15.3. The number of aliphatic imine (C=N–C) groups is 1. The number of anilines is 1. The molecule has 0 aromatic heterocycles. The summed E-state index contributed by atoms with van der Waals surface area (Å²) < 4.78 is 0. The first-order valence-electron chi connectivity index (χ1n) is 9.39. The standard InChI is InChI=1S/C19H29ClN4O.HI/c1-2-21-19(22-12-14-5-3-8-18(14)25)23-16-9-10-24(13-16)17-7-4-6-15(20)11-17;/h4,6-7,11,14,16,18,25H,2-3,5,8-10,12-13H2,1H3,(H2,21,22,23);1H. The van der Waals surface area contributed by atoms with Crippen molar-refractivity contribution in [3.63, 3.8) is 0 Å². The van der Waals surface area contributed by atoms with E-state index in [1.165, 1.54) is 5.69 Å². The van der Waals surface area contributed by atoms with Crippen LogP contribution in [0.4, 0.5) is 5.69 Å². The molecule has 0 spiro atoms. The van der Waals surface area contributed by atoms with E-state index in [1.807, 2.05) is 18.2 Å². The molecule has 3 rings (SSSR count). The van der Waals surface area contributed by atoms with Crippen LogP contribution in [0.3, 0.4) is 0 Å². The normalized spacial score (nSPS) is 25.9. The average molecular weight is 493 g/mol. The molecule has 2 fully saturated rings. The summed E-state index contributed by atoms with van der Waals surface area (Å²) in [7, 11) is 0. The summed E-state index contributed by atoms with van der Waals surface area (Å²) >= 11 is 6.11. The van der Waals surface area contributed by atoms with Crippen molar-refractivity contribution in [1.82, 2.24) is 10.6 Å². The lowest BCUT2D eigenvalue weighted by atomic mass is 10.1. The van der Waals surface area contributed by atoms with Crippen molar-refractivity contribution in [1.29, 1.82) is 0 Å². The molecule has 1 saturated carbocycles. The van der Waals surface area contributed by atoms with Crippen LogP contribution in [0.15, 0.2) is 29.3 Å². The van der Waals surface area contributed by atoms with Gasteiger partial charge in [-0.1, -0.05) is 24.1 Å². The highest BCUT2D eigenvalue weighted by molar-refractivity contribution is 14.0. The van der Waals surface area contributed by atoms with Crippen LogP contribution < -0.4 is 15.5 Å². The average Bonchev–Trinajstić information content (AvgIpc) is 3.22. The van der Waals surface area contributed by atoms with E-state index in [1.54, 1.807) is 0 Å². The van der Waals surface area contributed by atoms with E-state index < -0.39 is 0 Å². The molecule has 26 heavy (non-hydrogen) atoms. The Morgan fingerprint density at radius 1 is 1.35 bits per heavy atom. The van der Waals surface area contributed by atoms with Gasteiger partial charge in [0.1, 0.15) is 0 Å². The molecule has 2 aliphatic rings. The topological polar surface area (TPSA) is 59.9 Å². The Morgan fingerprint density at radius 3 is 2.88 bits per heavy atom. The maximum absolute atomic E-state index is 9.97. The summed E-state index contributed by atoms with van der Waals surface area (Å²) in [6.07, 6.45) is 4.00. The molecule has 1 aliphatic heterocycles. The zero-order chi connectivity index (χ0) is 17.6. The quantitative estimate of drug-likeness (QED) is 0.335. The number of rotatable bonds is 5. The number of hydrogen-bond acceptors (Lipinski definition) is 3. The van der Waals surface area contributed by atoms with Gasteiger partial charge in [-0.05, 0) is 44.4 Å². The predicted molar refractivity (Wildman–Crippen MR) is 120 cm³/mol. The van der Waals surface area contributed by atoms with Crippen molar-refractivity contribution in [2.24, 2.45) is 10.9 Å². The molecule has 1 saturated heterocycles. The summed E-state index contributed by atoms with van der Waals surface area (Å²) in [5.41, 5.74) is 1.17. The molecule has 3 N–H and O–H groups in total. The number of nitrogens with one attached hydrogen (secondary N) is 2. The van der Waals surface area contributed by atoms with E-state index >= 15 is 0 Å². The van der Waals surface area contributed by atoms with E-state index in [2.05, 4.69) is 28.5 Å². The summed E-state index contributed by atoms with van der Waals surface area (Å²) in [6.45, 7) is 5.56. The lowest BCUT2D eigenvalue weighted by Gasteiger charge is -2.21. The third kappa shape index (κ3) is 5.89. The molecule has 0 bridgehead atoms. The summed E-state index contributed by atoms with van der Waals surface area (Å²) in [4.78, 5) is 7.07. The maximum Gasteiger partial charge on any atom is 0.191 e. The van der Waals surface area contributed by atoms with Crippen molar-refractivity contribution >= 4 is 47.2 Å². The Hall–Kier alpha value is -0.730. The number of halogens is 2. The van der Waals surface area contributed by atoms with Crippen molar-refractivity contribution in [2.75, 3.05) is 31.1 Å². The van der Waals surface area contributed by atoms with Crippen LogP contribution in [0, 0.1) is 5.92 Å². The van der Waals surface area contributed by atoms with Gasteiger partial charge < -0.3 is 20.6 Å². The van der Waals surface area contributed by atoms with Crippen LogP contribution in [-0.2, 0) is 0 Å². The minimum atomic E-state index is -0.184. The molecule has 1 heterocycles. The Bertz CT molecular complexity index is 601. The minimum Gasteiger partial charge on any atom is -0.393 e. The molecule has 5 nitrogen and oxygen atoms in total. The lowest BCUT2D eigenvalue weighted by Crippen LogP contribution is -2.45. The van der Waals surface area contributed by atoms with Crippen molar-refractivity contribution in [2.45, 2.75) is 44.8 Å². The summed E-state index contributed by atoms with van der Waals surface area (Å²) in [5.74, 6) is 1.17. The highest BCUT2D eigenvalue weighted by Crippen LogP contribution is 2.26. The number of guanidine groups is 1. The second-order valence-electron chi connectivity index (χ2n) is 7.03. The van der Waals surface area contributed by atoms with E-state index in [-0.39, 0.29) is 30.1 Å². The van der Waals surface area contributed by atoms with Gasteiger partial charge in [0.25, 0.3) is 0 Å². The first kappa shape index (κ1) is 21.6. The first-order valence-corrected chi connectivity index (χ1v) is 9.77. The van der Waals surface area contributed by atoms with Crippen LogP contribution in [-0.4, -0.2) is 49.4 Å². The van der Waals surface area contributed by atoms with Crippen molar-refractivity contribution < 1.29 is 5.11 Å². The first-order chi connectivity index (χ1) is 12.2. The highest BCUT2D eigenvalue weighted by atomic mass is 127. The molecule has 7 heteroatoms. The van der Waals surface area contributed by atoms with Crippen LogP contribution in [0.25, 0.3) is 0 Å². The fourth-order valence-electron chi connectivity index (χ4n) is 3.74. The predicted octanol–water partition coefficient (Wildman–Crippen LogP) is 3.25. The van der Waals surface area contributed by atoms with Gasteiger partial charge in [-0.15, -0.1) is 24.0 Å². The smallest absolute Gasteiger partial charge is 0.191 e. The third-order valence-electron chi connectivity index (χ3n) is 5.15. The minimum absolute atomic E-state index is 0. The van der Waals surface area contributed by atoms with E-state index in [4.69, 9.17) is 16.6 Å². The van der Waals surface area contributed by atoms with Crippen molar-refractivity contribution in [3.05, 3.63) is 29.3 Å². The largest absolute Gasteiger partial charge is 0.393 e. The fourth-order valence-corrected chi connectivity index (χ4v) is 3.92. The van der Waals surface area contributed by atoms with Gasteiger partial charge in [-0.2, -0.15) is 0 Å². The van der Waals surface area contributed by atoms with Gasteiger partial charge >= 0.3 is 0 Å². The van der Waals surface area contributed by atoms with Gasteiger partial charge in [-0.3, -0.25) is 4.99 Å². The van der Waals surface area contributed by atoms with Crippen LogP contribution in [0.5, 0.6) is 0 Å². The molecule has 3 unspecified atom stereocenters. The molecule has 0 radical (unpaired) electrons. The second-order valence-corrected chi connectivity index (χ2v) is 7.47. The Balaban J connectivity index is 0.00000243. The molecule has 0 amide bonds. The number of benzene rings is 1. The van der Waals surface area contributed by atoms with E-state index in [9.17, 15) is 5.11 Å². The molecular weight excluding hydrogens is 463 g/mol. The SMILES string of the molecule is CCNC(=NCC1CCCC1O)NC1CCN(c2cccc(Cl)c2)C1.I. The zero-order valence-corrected chi connectivity index (χ0v) is 18.4. The molecule has 1 aliphatic carbocycles. The Kier molecular flexibility index (Phi) is 8.76. The Morgan fingerprint density at radius 2 is 2.19 bits per heavy atom. The van der Waals surface area contributed by atoms with Gasteiger partial charge in [0.15, 0.2) is 5.96 Å². The monoisotopic (exact) mass is 492 g/mol. The highest BCUT2D eigenvalue weighted by Gasteiger charge is 2.26. The second kappa shape index (κ2) is 10.6. The fraction of sp³-hybridized carbons (Fsp3) is 0.632. The van der Waals surface area contributed by atoms with Gasteiger partial charge in [0, 0.05) is 48.8 Å². The maximum atomic E-state index is 9.97. The van der Waals surface area contributed by atoms with Gasteiger partial charge in [0.2, 0.25) is 0 Å². The van der Waals surface area contributed by atoms with Gasteiger partial charge in [0.05, 0.1) is 6.10 Å². The van der Waals surface area contributed by atoms with E-state index in [0.717, 1.165) is 56.3 Å². The molecule has 146 valence electrons. The number of aliphatic hydroxyl groups excluding tert-OH is 1. The van der Waals surface area contributed by atoms with Gasteiger partial charge in [-0.25, -0.2) is 0 Å². The molecular formula is C19H30ClIN4O. The number of nitrogens with zero attached hydrogens (tertiary/aromatic N) is 2. The Labute approximate surface area is 178 Å². The summed E-state index contributed by atoms with van der Waals surface area (Å²) in [6, 6.07) is 8.39. The molecule has 1 aromatic rings.